The lowest BCUT2D eigenvalue weighted by molar-refractivity contribution is -0.137. The second-order valence-corrected chi connectivity index (χ2v) is 5.98. The molecule has 2 amide bonds. The zero-order valence-corrected chi connectivity index (χ0v) is 12.3. The number of hydrogen-bond acceptors (Lipinski definition) is 3. The van der Waals surface area contributed by atoms with Crippen molar-refractivity contribution < 1.29 is 14.7 Å². The Morgan fingerprint density at radius 3 is 2.63 bits per heavy atom. The number of amides is 2. The smallest absolute Gasteiger partial charge is 0.315 e. The second kappa shape index (κ2) is 9.07. The maximum Gasteiger partial charge on any atom is 0.315 e. The van der Waals surface area contributed by atoms with E-state index < -0.39 is 5.97 Å². The summed E-state index contributed by atoms with van der Waals surface area (Å²) >= 11 is 1.83. The highest BCUT2D eigenvalue weighted by Gasteiger charge is 2.33. The average molecular weight is 288 g/mol. The lowest BCUT2D eigenvalue weighted by atomic mass is 10.1. The fourth-order valence-corrected chi connectivity index (χ4v) is 2.48. The predicted octanol–water partition coefficient (Wildman–Crippen LogP) is 2.07. The Labute approximate surface area is 118 Å². The summed E-state index contributed by atoms with van der Waals surface area (Å²) in [7, 11) is 0. The van der Waals surface area contributed by atoms with Crippen LogP contribution in [0.5, 0.6) is 0 Å². The molecule has 0 saturated heterocycles. The number of carboxylic acids is 1. The van der Waals surface area contributed by atoms with Gasteiger partial charge in [-0.2, -0.15) is 11.8 Å². The Balaban J connectivity index is 2.09. The van der Waals surface area contributed by atoms with Crippen molar-refractivity contribution in [2.45, 2.75) is 44.6 Å². The van der Waals surface area contributed by atoms with E-state index in [0.29, 0.717) is 12.5 Å². The highest BCUT2D eigenvalue weighted by molar-refractivity contribution is 7.98. The third-order valence-corrected chi connectivity index (χ3v) is 3.91. The number of urea groups is 1. The van der Waals surface area contributed by atoms with E-state index in [1.54, 1.807) is 0 Å². The van der Waals surface area contributed by atoms with Crippen LogP contribution in [0.4, 0.5) is 4.79 Å². The summed E-state index contributed by atoms with van der Waals surface area (Å²) in [6, 6.07) is -0.447. The van der Waals surface area contributed by atoms with Gasteiger partial charge in [0, 0.05) is 12.6 Å². The van der Waals surface area contributed by atoms with Crippen LogP contribution in [0.25, 0.3) is 0 Å². The van der Waals surface area contributed by atoms with Gasteiger partial charge < -0.3 is 15.7 Å². The molecule has 1 aliphatic carbocycles. The fraction of sp³-hybridized carbons (Fsp3) is 0.846. The van der Waals surface area contributed by atoms with Crippen molar-refractivity contribution in [2.24, 2.45) is 5.92 Å². The Bertz CT molecular complexity index is 296. The van der Waals surface area contributed by atoms with E-state index in [0.717, 1.165) is 31.4 Å². The molecule has 0 aliphatic heterocycles. The van der Waals surface area contributed by atoms with Gasteiger partial charge in [-0.25, -0.2) is 4.79 Å². The van der Waals surface area contributed by atoms with Gasteiger partial charge >= 0.3 is 12.0 Å². The lowest BCUT2D eigenvalue weighted by Gasteiger charge is -2.16. The summed E-state index contributed by atoms with van der Waals surface area (Å²) in [5.41, 5.74) is 0. The van der Waals surface area contributed by atoms with Gasteiger partial charge in [-0.3, -0.25) is 4.79 Å². The molecule has 1 fully saturated rings. The van der Waals surface area contributed by atoms with E-state index in [9.17, 15) is 9.59 Å². The monoisotopic (exact) mass is 288 g/mol. The normalized spacial score (nSPS) is 15.8. The zero-order valence-electron chi connectivity index (χ0n) is 11.5. The van der Waals surface area contributed by atoms with Crippen molar-refractivity contribution in [1.82, 2.24) is 10.6 Å². The molecule has 1 atom stereocenters. The van der Waals surface area contributed by atoms with Crippen LogP contribution in [-0.4, -0.2) is 41.7 Å². The largest absolute Gasteiger partial charge is 0.481 e. The molecule has 110 valence electrons. The Morgan fingerprint density at radius 2 is 2.05 bits per heavy atom. The van der Waals surface area contributed by atoms with Crippen molar-refractivity contribution in [3.63, 3.8) is 0 Å². The minimum absolute atomic E-state index is 0.0197. The number of thioether (sulfide) groups is 1. The third kappa shape index (κ3) is 7.97. The molecule has 0 aromatic carbocycles. The number of nitrogens with one attached hydrogen (secondary N) is 2. The first-order valence-corrected chi connectivity index (χ1v) is 8.28. The van der Waals surface area contributed by atoms with E-state index in [1.165, 1.54) is 6.42 Å². The zero-order chi connectivity index (χ0) is 14.1. The summed E-state index contributed by atoms with van der Waals surface area (Å²) in [6.07, 6.45) is 7.41. The maximum atomic E-state index is 11.6. The molecular weight excluding hydrogens is 264 g/mol. The number of carbonyl (C=O) groups is 2. The quantitative estimate of drug-likeness (QED) is 0.538. The van der Waals surface area contributed by atoms with E-state index in [1.807, 2.05) is 11.8 Å². The number of aliphatic carboxylic acids is 1. The first-order chi connectivity index (χ1) is 9.13. The summed E-state index contributed by atoms with van der Waals surface area (Å²) in [5.74, 6) is 0.659. The van der Waals surface area contributed by atoms with Crippen molar-refractivity contribution in [3.8, 4) is 0 Å². The van der Waals surface area contributed by atoms with Gasteiger partial charge in [0.15, 0.2) is 0 Å². The van der Waals surface area contributed by atoms with Gasteiger partial charge in [0.05, 0.1) is 6.42 Å². The molecule has 1 aliphatic rings. The molecule has 1 saturated carbocycles. The van der Waals surface area contributed by atoms with Gasteiger partial charge in [0.2, 0.25) is 0 Å². The first-order valence-electron chi connectivity index (χ1n) is 6.88. The molecule has 0 aromatic heterocycles. The summed E-state index contributed by atoms with van der Waals surface area (Å²) in [4.78, 5) is 22.3. The third-order valence-electron chi connectivity index (χ3n) is 3.21. The van der Waals surface area contributed by atoms with Crippen LogP contribution in [-0.2, 0) is 4.79 Å². The summed E-state index contributed by atoms with van der Waals surface area (Å²) < 4.78 is 0. The number of rotatable bonds is 10. The summed E-state index contributed by atoms with van der Waals surface area (Å²) in [6.45, 7) is 0.657. The number of carbonyl (C=O) groups excluding carboxylic acids is 1. The highest BCUT2D eigenvalue weighted by atomic mass is 32.2. The van der Waals surface area contributed by atoms with Crippen LogP contribution < -0.4 is 10.6 Å². The fourth-order valence-electron chi connectivity index (χ4n) is 1.99. The van der Waals surface area contributed by atoms with E-state index in [4.69, 9.17) is 5.11 Å². The van der Waals surface area contributed by atoms with Crippen molar-refractivity contribution in [3.05, 3.63) is 0 Å². The number of hydrogen-bond donors (Lipinski definition) is 3. The maximum absolute atomic E-state index is 11.6. The molecule has 0 radical (unpaired) electrons. The molecule has 19 heavy (non-hydrogen) atoms. The highest BCUT2D eigenvalue weighted by Crippen LogP contribution is 2.33. The van der Waals surface area contributed by atoms with Crippen molar-refractivity contribution >= 4 is 23.8 Å². The standard InChI is InChI=1S/C13H24N2O3S/c1-19-8-4-2-3-7-14-13(18)15-11(9-12(16)17)10-5-6-10/h10-11H,2-9H2,1H3,(H,16,17)(H2,14,15,18). The van der Waals surface area contributed by atoms with Crippen LogP contribution in [0.3, 0.4) is 0 Å². The molecule has 0 spiro atoms. The van der Waals surface area contributed by atoms with Crippen LogP contribution in [0.15, 0.2) is 0 Å². The Kier molecular flexibility index (Phi) is 7.70. The van der Waals surface area contributed by atoms with Gasteiger partial charge in [-0.05, 0) is 43.6 Å². The number of unbranched alkanes of at least 4 members (excludes halogenated alkanes) is 2. The average Bonchev–Trinajstić information content (AvgIpc) is 3.16. The molecule has 3 N–H and O–H groups in total. The molecule has 1 rings (SSSR count). The molecule has 0 bridgehead atoms. The first kappa shape index (κ1) is 16.1. The van der Waals surface area contributed by atoms with Crippen molar-refractivity contribution in [2.75, 3.05) is 18.6 Å². The van der Waals surface area contributed by atoms with Gasteiger partial charge in [0.25, 0.3) is 0 Å². The van der Waals surface area contributed by atoms with E-state index in [2.05, 4.69) is 16.9 Å². The Hall–Kier alpha value is -0.910. The van der Waals surface area contributed by atoms with Crippen LogP contribution in [0, 0.1) is 5.92 Å². The van der Waals surface area contributed by atoms with Crippen LogP contribution in [0.2, 0.25) is 0 Å². The topological polar surface area (TPSA) is 78.4 Å². The second-order valence-electron chi connectivity index (χ2n) is 5.00. The molecule has 0 aromatic rings. The molecule has 5 nitrogen and oxygen atoms in total. The van der Waals surface area contributed by atoms with Gasteiger partial charge in [-0.15, -0.1) is 0 Å². The minimum Gasteiger partial charge on any atom is -0.481 e. The van der Waals surface area contributed by atoms with Gasteiger partial charge in [-0.1, -0.05) is 6.42 Å². The SMILES string of the molecule is CSCCCCCNC(=O)NC(CC(=O)O)C1CC1. The summed E-state index contributed by atoms with van der Waals surface area (Å²) in [5, 5.41) is 14.4. The molecule has 1 unspecified atom stereocenters. The number of carboxylic acid groups (broad SMARTS) is 1. The van der Waals surface area contributed by atoms with Crippen LogP contribution in [0.1, 0.15) is 38.5 Å². The lowest BCUT2D eigenvalue weighted by Crippen LogP contribution is -2.44. The van der Waals surface area contributed by atoms with Crippen LogP contribution >= 0.6 is 11.8 Å². The van der Waals surface area contributed by atoms with Crippen molar-refractivity contribution in [1.29, 1.82) is 0 Å². The van der Waals surface area contributed by atoms with Gasteiger partial charge in [0.1, 0.15) is 0 Å². The Morgan fingerprint density at radius 1 is 1.32 bits per heavy atom. The minimum atomic E-state index is -0.853. The molecule has 6 heteroatoms. The predicted molar refractivity (Wildman–Crippen MR) is 77.5 cm³/mol. The molecular formula is C13H24N2O3S. The molecule has 0 heterocycles. The van der Waals surface area contributed by atoms with E-state index in [-0.39, 0.29) is 18.5 Å². The van der Waals surface area contributed by atoms with E-state index >= 15 is 0 Å².